The van der Waals surface area contributed by atoms with E-state index in [9.17, 15) is 4.79 Å². The normalized spacial score (nSPS) is 11.9. The lowest BCUT2D eigenvalue weighted by Crippen LogP contribution is -2.22. The smallest absolute Gasteiger partial charge is 0.277 e. The third-order valence-corrected chi connectivity index (χ3v) is 5.70. The fraction of sp³-hybridized carbons (Fsp3) is 0.267. The molecule has 0 aliphatic rings. The largest absolute Gasteiger partial charge is 0.416 e. The number of thioether (sulfide) groups is 1. The van der Waals surface area contributed by atoms with Crippen molar-refractivity contribution >= 4 is 45.3 Å². The van der Waals surface area contributed by atoms with Gasteiger partial charge in [0, 0.05) is 5.38 Å². The Labute approximate surface area is 156 Å². The van der Waals surface area contributed by atoms with Crippen LogP contribution in [0.1, 0.15) is 29.1 Å². The highest BCUT2D eigenvalue weighted by atomic mass is 32.2. The molecule has 1 atom stereocenters. The van der Waals surface area contributed by atoms with Crippen LogP contribution in [-0.2, 0) is 11.2 Å². The van der Waals surface area contributed by atoms with Gasteiger partial charge in [0.25, 0.3) is 5.22 Å². The molecule has 0 bridgehead atoms. The van der Waals surface area contributed by atoms with Crippen LogP contribution in [0.4, 0.5) is 5.00 Å². The van der Waals surface area contributed by atoms with Crippen LogP contribution in [0.2, 0.25) is 0 Å². The first-order valence-electron chi connectivity index (χ1n) is 7.23. The van der Waals surface area contributed by atoms with E-state index in [4.69, 9.17) is 9.68 Å². The van der Waals surface area contributed by atoms with Crippen molar-refractivity contribution in [2.75, 3.05) is 5.32 Å². The molecule has 0 unspecified atom stereocenters. The summed E-state index contributed by atoms with van der Waals surface area (Å²) < 4.78 is 5.57. The number of nitriles is 1. The number of carbonyl (C=O) groups is 1. The summed E-state index contributed by atoms with van der Waals surface area (Å²) in [7, 11) is 0. The SMILES string of the molecule is Cc1nc(Cc2nnc(S[C@H](C)C(=O)Nc3sccc3C#N)o2)cs1. The highest BCUT2D eigenvalue weighted by Crippen LogP contribution is 2.26. The van der Waals surface area contributed by atoms with Crippen molar-refractivity contribution in [2.45, 2.75) is 30.7 Å². The minimum absolute atomic E-state index is 0.223. The molecule has 1 N–H and O–H groups in total. The summed E-state index contributed by atoms with van der Waals surface area (Å²) in [5.74, 6) is 0.240. The number of carbonyl (C=O) groups excluding carboxylic acids is 1. The molecule has 3 aromatic heterocycles. The maximum Gasteiger partial charge on any atom is 0.277 e. The number of aromatic nitrogens is 3. The Balaban J connectivity index is 1.58. The van der Waals surface area contributed by atoms with Crippen molar-refractivity contribution in [1.82, 2.24) is 15.2 Å². The highest BCUT2D eigenvalue weighted by molar-refractivity contribution is 8.00. The Kier molecular flexibility index (Phi) is 5.47. The van der Waals surface area contributed by atoms with E-state index < -0.39 is 5.25 Å². The Morgan fingerprint density at radius 3 is 3.04 bits per heavy atom. The van der Waals surface area contributed by atoms with Crippen LogP contribution >= 0.6 is 34.4 Å². The lowest BCUT2D eigenvalue weighted by molar-refractivity contribution is -0.115. The molecule has 0 aliphatic heterocycles. The third-order valence-electron chi connectivity index (χ3n) is 3.12. The van der Waals surface area contributed by atoms with Crippen LogP contribution in [0.3, 0.4) is 0 Å². The lowest BCUT2D eigenvalue weighted by Gasteiger charge is -2.08. The number of aryl methyl sites for hydroxylation is 1. The second-order valence-electron chi connectivity index (χ2n) is 5.02. The van der Waals surface area contributed by atoms with Gasteiger partial charge in [-0.05, 0) is 25.3 Å². The van der Waals surface area contributed by atoms with Crippen LogP contribution in [0, 0.1) is 18.3 Å². The lowest BCUT2D eigenvalue weighted by atomic mass is 10.3. The molecule has 3 heterocycles. The number of anilines is 1. The number of thiophene rings is 1. The average Bonchev–Trinajstić information content (AvgIpc) is 3.30. The van der Waals surface area contributed by atoms with E-state index in [1.54, 1.807) is 29.7 Å². The zero-order chi connectivity index (χ0) is 17.8. The summed E-state index contributed by atoms with van der Waals surface area (Å²) in [6, 6.07) is 3.71. The van der Waals surface area contributed by atoms with Crippen molar-refractivity contribution in [3.8, 4) is 6.07 Å². The number of thiazole rings is 1. The zero-order valence-electron chi connectivity index (χ0n) is 13.3. The maximum atomic E-state index is 12.3. The first kappa shape index (κ1) is 17.6. The molecule has 25 heavy (non-hydrogen) atoms. The highest BCUT2D eigenvalue weighted by Gasteiger charge is 2.20. The summed E-state index contributed by atoms with van der Waals surface area (Å²) in [4.78, 5) is 16.6. The molecule has 0 aliphatic carbocycles. The Morgan fingerprint density at radius 2 is 2.32 bits per heavy atom. The molecule has 3 aromatic rings. The Morgan fingerprint density at radius 1 is 1.48 bits per heavy atom. The van der Waals surface area contributed by atoms with E-state index in [1.807, 2.05) is 18.4 Å². The third kappa shape index (κ3) is 4.45. The predicted octanol–water partition coefficient (Wildman–Crippen LogP) is 3.48. The summed E-state index contributed by atoms with van der Waals surface area (Å²) in [6.07, 6.45) is 0.471. The number of hydrogen-bond donors (Lipinski definition) is 1. The van der Waals surface area contributed by atoms with Gasteiger partial charge in [-0.15, -0.1) is 32.9 Å². The fourth-order valence-electron chi connectivity index (χ4n) is 1.91. The number of hydrogen-bond acceptors (Lipinski definition) is 9. The van der Waals surface area contributed by atoms with E-state index in [0.29, 0.717) is 28.1 Å². The molecule has 3 rings (SSSR count). The molecule has 0 aromatic carbocycles. The van der Waals surface area contributed by atoms with Crippen molar-refractivity contribution in [3.63, 3.8) is 0 Å². The summed E-state index contributed by atoms with van der Waals surface area (Å²) in [6.45, 7) is 3.68. The number of rotatable bonds is 6. The number of nitrogens with zero attached hydrogens (tertiary/aromatic N) is 4. The molecule has 10 heteroatoms. The minimum Gasteiger partial charge on any atom is -0.416 e. The van der Waals surface area contributed by atoms with Gasteiger partial charge < -0.3 is 9.73 Å². The summed E-state index contributed by atoms with van der Waals surface area (Å²) >= 11 is 4.06. The van der Waals surface area contributed by atoms with E-state index in [2.05, 4.69) is 20.5 Å². The topological polar surface area (TPSA) is 105 Å². The van der Waals surface area contributed by atoms with Crippen LogP contribution in [0.5, 0.6) is 0 Å². The van der Waals surface area contributed by atoms with Gasteiger partial charge in [-0.25, -0.2) is 4.98 Å². The standard InChI is InChI=1S/C15H13N5O2S3/c1-8(13(21)18-14-10(6-16)3-4-23-14)25-15-20-19-12(22-15)5-11-7-24-9(2)17-11/h3-4,7-8H,5H2,1-2H3,(H,18,21)/t8-/m1/s1. The van der Waals surface area contributed by atoms with Gasteiger partial charge in [0.1, 0.15) is 11.1 Å². The zero-order valence-corrected chi connectivity index (χ0v) is 15.8. The fourth-order valence-corrected chi connectivity index (χ4v) is 3.97. The van der Waals surface area contributed by atoms with Gasteiger partial charge in [-0.3, -0.25) is 4.79 Å². The second-order valence-corrected chi connectivity index (χ2v) is 8.29. The van der Waals surface area contributed by atoms with Gasteiger partial charge in [0.15, 0.2) is 0 Å². The first-order valence-corrected chi connectivity index (χ1v) is 9.87. The van der Waals surface area contributed by atoms with E-state index >= 15 is 0 Å². The van der Waals surface area contributed by atoms with E-state index in [1.165, 1.54) is 23.1 Å². The molecule has 128 valence electrons. The number of nitrogens with one attached hydrogen (secondary N) is 1. The van der Waals surface area contributed by atoms with Crippen molar-refractivity contribution in [1.29, 1.82) is 5.26 Å². The molecule has 0 fully saturated rings. The average molecular weight is 392 g/mol. The van der Waals surface area contributed by atoms with Gasteiger partial charge >= 0.3 is 0 Å². The van der Waals surface area contributed by atoms with Crippen molar-refractivity contribution in [3.05, 3.63) is 39.0 Å². The van der Waals surface area contributed by atoms with Crippen LogP contribution < -0.4 is 5.32 Å². The van der Waals surface area contributed by atoms with Gasteiger partial charge in [-0.1, -0.05) is 11.8 Å². The number of amides is 1. The summed E-state index contributed by atoms with van der Waals surface area (Å²) in [5.41, 5.74) is 1.34. The Bertz CT molecular complexity index is 924. The minimum atomic E-state index is -0.441. The molecule has 0 radical (unpaired) electrons. The molecule has 7 nitrogen and oxygen atoms in total. The van der Waals surface area contributed by atoms with Crippen LogP contribution in [0.15, 0.2) is 26.5 Å². The van der Waals surface area contributed by atoms with Gasteiger partial charge in [0.2, 0.25) is 11.8 Å². The molecule has 0 saturated heterocycles. The second kappa shape index (κ2) is 7.77. The van der Waals surface area contributed by atoms with Gasteiger partial charge in [-0.2, -0.15) is 5.26 Å². The Hall–Kier alpha value is -2.22. The van der Waals surface area contributed by atoms with E-state index in [0.717, 1.165) is 10.7 Å². The molecular weight excluding hydrogens is 378 g/mol. The van der Waals surface area contributed by atoms with Crippen molar-refractivity contribution < 1.29 is 9.21 Å². The van der Waals surface area contributed by atoms with Gasteiger partial charge in [0.05, 0.1) is 27.9 Å². The predicted molar refractivity (Wildman–Crippen MR) is 96.9 cm³/mol. The monoisotopic (exact) mass is 391 g/mol. The molecule has 0 saturated carbocycles. The van der Waals surface area contributed by atoms with Crippen LogP contribution in [0.25, 0.3) is 0 Å². The quantitative estimate of drug-likeness (QED) is 0.641. The van der Waals surface area contributed by atoms with E-state index in [-0.39, 0.29) is 5.91 Å². The summed E-state index contributed by atoms with van der Waals surface area (Å²) in [5, 5.41) is 24.8. The first-order chi connectivity index (χ1) is 12.0. The molecular formula is C15H13N5O2S3. The maximum absolute atomic E-state index is 12.3. The van der Waals surface area contributed by atoms with Crippen LogP contribution in [-0.4, -0.2) is 26.3 Å². The van der Waals surface area contributed by atoms with Crippen molar-refractivity contribution in [2.24, 2.45) is 0 Å². The molecule has 1 amide bonds. The molecule has 0 spiro atoms.